The molecule has 2 aliphatic rings. The number of carbonyl (C=O) groups excluding carboxylic acids is 2. The first-order valence-electron chi connectivity index (χ1n) is 13.0. The zero-order valence-corrected chi connectivity index (χ0v) is 22.1. The van der Waals surface area contributed by atoms with E-state index in [2.05, 4.69) is 0 Å². The van der Waals surface area contributed by atoms with Crippen LogP contribution in [0.15, 0.2) is 60.7 Å². The Morgan fingerprint density at radius 2 is 1.61 bits per heavy atom. The zero-order valence-electron chi connectivity index (χ0n) is 22.1. The third-order valence-electron chi connectivity index (χ3n) is 7.92. The molecule has 0 bridgehead atoms. The molecule has 3 aromatic carbocycles. The molecular formula is C31H33FN2O4. The van der Waals surface area contributed by atoms with Crippen LogP contribution in [-0.4, -0.2) is 61.5 Å². The monoisotopic (exact) mass is 516 g/mol. The summed E-state index contributed by atoms with van der Waals surface area (Å²) in [5.41, 5.74) is 4.42. The molecule has 2 aliphatic heterocycles. The van der Waals surface area contributed by atoms with Crippen molar-refractivity contribution in [1.29, 1.82) is 0 Å². The maximum atomic E-state index is 13.5. The van der Waals surface area contributed by atoms with E-state index in [0.717, 1.165) is 28.7 Å². The van der Waals surface area contributed by atoms with Gasteiger partial charge in [0.15, 0.2) is 0 Å². The van der Waals surface area contributed by atoms with E-state index < -0.39 is 0 Å². The van der Waals surface area contributed by atoms with Gasteiger partial charge in [0.1, 0.15) is 17.3 Å². The van der Waals surface area contributed by atoms with Crippen molar-refractivity contribution in [2.24, 2.45) is 5.92 Å². The number of amides is 2. The number of fused-ring (bicyclic) bond motifs is 1. The first-order chi connectivity index (χ1) is 18.4. The summed E-state index contributed by atoms with van der Waals surface area (Å²) in [6.45, 7) is 3.76. The SMILES string of the molecule is COc1cc(C(=O)N2C[C@@H]3CCN(C(=O)Cc4ccccc4Cc4ccc(F)cc4)[C@@H]3C2)cc(OC)c1C. The van der Waals surface area contributed by atoms with E-state index in [-0.39, 0.29) is 29.6 Å². The lowest BCUT2D eigenvalue weighted by molar-refractivity contribution is -0.131. The Bertz CT molecular complexity index is 1310. The average Bonchev–Trinajstić information content (AvgIpc) is 3.52. The van der Waals surface area contributed by atoms with Crippen molar-refractivity contribution in [3.8, 4) is 11.5 Å². The summed E-state index contributed by atoms with van der Waals surface area (Å²) < 4.78 is 24.2. The summed E-state index contributed by atoms with van der Waals surface area (Å²) >= 11 is 0. The highest BCUT2D eigenvalue weighted by Gasteiger charge is 2.44. The Balaban J connectivity index is 1.28. The second-order valence-electron chi connectivity index (χ2n) is 10.2. The number of ether oxygens (including phenoxy) is 2. The molecule has 0 N–H and O–H groups in total. The van der Waals surface area contributed by atoms with Gasteiger partial charge in [-0.25, -0.2) is 4.39 Å². The highest BCUT2D eigenvalue weighted by Crippen LogP contribution is 2.35. The van der Waals surface area contributed by atoms with Gasteiger partial charge in [-0.1, -0.05) is 36.4 Å². The van der Waals surface area contributed by atoms with Gasteiger partial charge in [-0.3, -0.25) is 9.59 Å². The highest BCUT2D eigenvalue weighted by atomic mass is 19.1. The van der Waals surface area contributed by atoms with Crippen LogP contribution in [0.5, 0.6) is 11.5 Å². The van der Waals surface area contributed by atoms with Crippen molar-refractivity contribution in [2.45, 2.75) is 32.2 Å². The molecule has 2 fully saturated rings. The summed E-state index contributed by atoms with van der Waals surface area (Å²) in [6.07, 6.45) is 1.83. The van der Waals surface area contributed by atoms with E-state index >= 15 is 0 Å². The normalized spacial score (nSPS) is 18.4. The van der Waals surface area contributed by atoms with Crippen LogP contribution in [0.3, 0.4) is 0 Å². The first kappa shape index (κ1) is 25.8. The van der Waals surface area contributed by atoms with Crippen molar-refractivity contribution in [1.82, 2.24) is 9.80 Å². The number of halogens is 1. The molecule has 0 saturated carbocycles. The van der Waals surface area contributed by atoms with Crippen LogP contribution >= 0.6 is 0 Å². The minimum absolute atomic E-state index is 0.0185. The number of benzene rings is 3. The summed E-state index contributed by atoms with van der Waals surface area (Å²) in [7, 11) is 3.16. The molecule has 0 unspecified atom stereocenters. The standard InChI is InChI=1S/C31H33FN2O4/c1-20-28(37-2)15-25(16-29(20)38-3)31(36)33-18-24-12-13-34(27(24)19-33)30(35)17-23-7-5-4-6-22(23)14-21-8-10-26(32)11-9-21/h4-11,15-16,24,27H,12-14,17-19H2,1-3H3/t24-,27+/m0/s1. The summed E-state index contributed by atoms with van der Waals surface area (Å²) in [6, 6.07) is 18.0. The lowest BCUT2D eigenvalue weighted by atomic mass is 9.97. The first-order valence-corrected chi connectivity index (χ1v) is 13.0. The smallest absolute Gasteiger partial charge is 0.254 e. The minimum atomic E-state index is -0.259. The van der Waals surface area contributed by atoms with Crippen LogP contribution in [0.4, 0.5) is 4.39 Å². The summed E-state index contributed by atoms with van der Waals surface area (Å²) in [4.78, 5) is 30.7. The van der Waals surface area contributed by atoms with Crippen LogP contribution < -0.4 is 9.47 Å². The van der Waals surface area contributed by atoms with Crippen LogP contribution in [0.25, 0.3) is 0 Å². The number of nitrogens with zero attached hydrogens (tertiary/aromatic N) is 2. The van der Waals surface area contributed by atoms with Gasteiger partial charge in [-0.15, -0.1) is 0 Å². The number of hydrogen-bond acceptors (Lipinski definition) is 4. The Morgan fingerprint density at radius 3 is 2.26 bits per heavy atom. The van der Waals surface area contributed by atoms with Crippen LogP contribution in [0.1, 0.15) is 39.0 Å². The molecule has 2 saturated heterocycles. The van der Waals surface area contributed by atoms with Crippen LogP contribution in [0.2, 0.25) is 0 Å². The third-order valence-corrected chi connectivity index (χ3v) is 7.92. The van der Waals surface area contributed by atoms with Gasteiger partial charge in [-0.05, 0) is 60.7 Å². The van der Waals surface area contributed by atoms with Gasteiger partial charge in [0, 0.05) is 36.7 Å². The molecule has 6 nitrogen and oxygen atoms in total. The topological polar surface area (TPSA) is 59.1 Å². The number of methoxy groups -OCH3 is 2. The molecule has 198 valence electrons. The van der Waals surface area contributed by atoms with Crippen molar-refractivity contribution in [2.75, 3.05) is 33.9 Å². The fourth-order valence-electron chi connectivity index (χ4n) is 5.82. The highest BCUT2D eigenvalue weighted by molar-refractivity contribution is 5.95. The predicted molar refractivity (Wildman–Crippen MR) is 143 cm³/mol. The number of likely N-dealkylation sites (tertiary alicyclic amines) is 2. The molecule has 0 spiro atoms. The quantitative estimate of drug-likeness (QED) is 0.459. The molecule has 2 heterocycles. The van der Waals surface area contributed by atoms with Crippen molar-refractivity contribution < 1.29 is 23.5 Å². The van der Waals surface area contributed by atoms with E-state index in [1.165, 1.54) is 12.1 Å². The molecule has 38 heavy (non-hydrogen) atoms. The Morgan fingerprint density at radius 1 is 0.947 bits per heavy atom. The molecule has 0 aromatic heterocycles. The maximum Gasteiger partial charge on any atom is 0.254 e. The average molecular weight is 517 g/mol. The summed E-state index contributed by atoms with van der Waals surface area (Å²) in [5.74, 6) is 1.24. The minimum Gasteiger partial charge on any atom is -0.496 e. The van der Waals surface area contributed by atoms with E-state index in [0.29, 0.717) is 49.5 Å². The zero-order chi connectivity index (χ0) is 26.8. The van der Waals surface area contributed by atoms with Crippen LogP contribution in [0, 0.1) is 18.7 Å². The van der Waals surface area contributed by atoms with E-state index in [1.54, 1.807) is 38.5 Å². The second-order valence-corrected chi connectivity index (χ2v) is 10.2. The summed E-state index contributed by atoms with van der Waals surface area (Å²) in [5, 5.41) is 0. The molecule has 0 radical (unpaired) electrons. The maximum absolute atomic E-state index is 13.5. The van der Waals surface area contributed by atoms with Crippen molar-refractivity contribution >= 4 is 11.8 Å². The lowest BCUT2D eigenvalue weighted by Gasteiger charge is -2.26. The Kier molecular flexibility index (Phi) is 7.36. The second kappa shape index (κ2) is 10.9. The van der Waals surface area contributed by atoms with E-state index in [9.17, 15) is 14.0 Å². The molecule has 3 aromatic rings. The van der Waals surface area contributed by atoms with E-state index in [1.807, 2.05) is 41.0 Å². The Hall–Kier alpha value is -3.87. The molecule has 2 amide bonds. The van der Waals surface area contributed by atoms with Crippen LogP contribution in [-0.2, 0) is 17.6 Å². The molecule has 7 heteroatoms. The fraction of sp³-hybridized carbons (Fsp3) is 0.355. The molecule has 0 aliphatic carbocycles. The van der Waals surface area contributed by atoms with Gasteiger partial charge >= 0.3 is 0 Å². The van der Waals surface area contributed by atoms with Crippen molar-refractivity contribution in [3.05, 3.63) is 94.3 Å². The molecule has 5 rings (SSSR count). The third kappa shape index (κ3) is 5.10. The molecule has 2 atom stereocenters. The largest absolute Gasteiger partial charge is 0.496 e. The number of carbonyl (C=O) groups is 2. The van der Waals surface area contributed by atoms with E-state index in [4.69, 9.17) is 9.47 Å². The lowest BCUT2D eigenvalue weighted by Crippen LogP contribution is -2.41. The number of rotatable bonds is 7. The fourth-order valence-corrected chi connectivity index (χ4v) is 5.82. The van der Waals surface area contributed by atoms with Crippen molar-refractivity contribution in [3.63, 3.8) is 0 Å². The van der Waals surface area contributed by atoms with Gasteiger partial charge in [0.2, 0.25) is 5.91 Å². The Labute approximate surface area is 223 Å². The van der Waals surface area contributed by atoms with Gasteiger partial charge < -0.3 is 19.3 Å². The van der Waals surface area contributed by atoms with Gasteiger partial charge in [0.05, 0.1) is 26.7 Å². The van der Waals surface area contributed by atoms with Gasteiger partial charge in [0.25, 0.3) is 5.91 Å². The van der Waals surface area contributed by atoms with Gasteiger partial charge in [-0.2, -0.15) is 0 Å². The predicted octanol–water partition coefficient (Wildman–Crippen LogP) is 4.66. The molecular weight excluding hydrogens is 483 g/mol. The number of hydrogen-bond donors (Lipinski definition) is 0.